The average molecular weight is 347 g/mol. The van der Waals surface area contributed by atoms with Crippen molar-refractivity contribution in [2.24, 2.45) is 0 Å². The highest BCUT2D eigenvalue weighted by Gasteiger charge is 2.40. The van der Waals surface area contributed by atoms with Crippen LogP contribution in [-0.2, 0) is 9.59 Å². The molecule has 108 valence electrons. The van der Waals surface area contributed by atoms with Crippen LogP contribution in [0.15, 0.2) is 16.6 Å². The number of rotatable bonds is 3. The molecule has 0 bridgehead atoms. The van der Waals surface area contributed by atoms with E-state index in [4.69, 9.17) is 0 Å². The number of hydrogen-bond acceptors (Lipinski definition) is 3. The molecule has 0 radical (unpaired) electrons. The summed E-state index contributed by atoms with van der Waals surface area (Å²) < 4.78 is 27.7. The van der Waals surface area contributed by atoms with Crippen molar-refractivity contribution in [3.63, 3.8) is 0 Å². The topological polar surface area (TPSA) is 49.4 Å². The van der Waals surface area contributed by atoms with Crippen LogP contribution in [0.25, 0.3) is 0 Å². The Kier molecular flexibility index (Phi) is 4.08. The number of hydrogen-bond donors (Lipinski definition) is 1. The minimum absolute atomic E-state index is 0.105. The molecule has 1 N–H and O–H groups in total. The zero-order valence-corrected chi connectivity index (χ0v) is 12.5. The molecule has 2 amide bonds. The van der Waals surface area contributed by atoms with Crippen LogP contribution in [0.2, 0.25) is 0 Å². The molecule has 7 heteroatoms. The number of nitrogens with zero attached hydrogens (tertiary/aromatic N) is 1. The molecule has 0 aromatic heterocycles. The third-order valence-corrected chi connectivity index (χ3v) is 3.48. The summed E-state index contributed by atoms with van der Waals surface area (Å²) in [7, 11) is 0. The molecule has 2 rings (SSSR count). The summed E-state index contributed by atoms with van der Waals surface area (Å²) in [6.07, 6.45) is -0.105. The fraction of sp³-hybridized carbons (Fsp3) is 0.385. The molecule has 1 atom stereocenters. The van der Waals surface area contributed by atoms with Crippen molar-refractivity contribution in [1.29, 1.82) is 0 Å². The van der Waals surface area contributed by atoms with Crippen LogP contribution < -0.4 is 5.32 Å². The lowest BCUT2D eigenvalue weighted by Crippen LogP contribution is -2.39. The number of halogens is 3. The first-order chi connectivity index (χ1) is 9.31. The third-order valence-electron chi connectivity index (χ3n) is 3.02. The number of amides is 2. The van der Waals surface area contributed by atoms with Gasteiger partial charge in [-0.3, -0.25) is 14.5 Å². The number of benzene rings is 1. The van der Waals surface area contributed by atoms with E-state index < -0.39 is 29.3 Å². The molecule has 4 nitrogen and oxygen atoms in total. The van der Waals surface area contributed by atoms with Crippen molar-refractivity contribution in [2.45, 2.75) is 32.4 Å². The summed E-state index contributed by atoms with van der Waals surface area (Å²) in [6.45, 7) is 3.41. The number of nitrogens with one attached hydrogen (secondary N) is 1. The highest BCUT2D eigenvalue weighted by atomic mass is 79.9. The molecule has 20 heavy (non-hydrogen) atoms. The summed E-state index contributed by atoms with van der Waals surface area (Å²) in [5, 5.41) is 2.49. The minimum Gasteiger partial charge on any atom is -0.368 e. The zero-order chi connectivity index (χ0) is 15.0. The van der Waals surface area contributed by atoms with Gasteiger partial charge < -0.3 is 5.32 Å². The number of carbonyl (C=O) groups excluding carboxylic acids is 2. The second kappa shape index (κ2) is 5.47. The summed E-state index contributed by atoms with van der Waals surface area (Å²) in [6, 6.07) is 0.969. The van der Waals surface area contributed by atoms with Gasteiger partial charge in [0.2, 0.25) is 5.91 Å². The van der Waals surface area contributed by atoms with Crippen LogP contribution in [0.5, 0.6) is 0 Å². The Balaban J connectivity index is 2.24. The van der Waals surface area contributed by atoms with Gasteiger partial charge in [0.1, 0.15) is 23.4 Å². The molecule has 1 fully saturated rings. The molecule has 1 saturated heterocycles. The van der Waals surface area contributed by atoms with Gasteiger partial charge in [-0.15, -0.1) is 0 Å². The molecule has 1 unspecified atom stereocenters. The van der Waals surface area contributed by atoms with E-state index in [1.165, 1.54) is 0 Å². The number of imide groups is 1. The Morgan fingerprint density at radius 1 is 1.30 bits per heavy atom. The first-order valence-corrected chi connectivity index (χ1v) is 6.87. The zero-order valence-electron chi connectivity index (χ0n) is 10.9. The SMILES string of the molecule is CC(C)N1C(=O)CC(Nc2c(F)cc(Br)cc2F)C1=O. The fourth-order valence-electron chi connectivity index (χ4n) is 2.16. The summed E-state index contributed by atoms with van der Waals surface area (Å²) in [5.41, 5.74) is -0.398. The van der Waals surface area contributed by atoms with Crippen LogP contribution in [0.1, 0.15) is 20.3 Å². The van der Waals surface area contributed by atoms with E-state index in [0.717, 1.165) is 17.0 Å². The maximum atomic E-state index is 13.7. The van der Waals surface area contributed by atoms with Gasteiger partial charge in [-0.25, -0.2) is 8.78 Å². The molecular formula is C13H13BrF2N2O2. The van der Waals surface area contributed by atoms with E-state index in [2.05, 4.69) is 21.2 Å². The van der Waals surface area contributed by atoms with Gasteiger partial charge in [-0.2, -0.15) is 0 Å². The van der Waals surface area contributed by atoms with Crippen molar-refractivity contribution in [3.8, 4) is 0 Å². The van der Waals surface area contributed by atoms with Crippen LogP contribution in [0.3, 0.4) is 0 Å². The van der Waals surface area contributed by atoms with Crippen molar-refractivity contribution in [3.05, 3.63) is 28.2 Å². The van der Waals surface area contributed by atoms with E-state index >= 15 is 0 Å². The van der Waals surface area contributed by atoms with Gasteiger partial charge in [0.15, 0.2) is 0 Å². The maximum absolute atomic E-state index is 13.7. The lowest BCUT2D eigenvalue weighted by atomic mass is 10.2. The van der Waals surface area contributed by atoms with Gasteiger partial charge >= 0.3 is 0 Å². The Morgan fingerprint density at radius 2 is 1.85 bits per heavy atom. The summed E-state index contributed by atoms with van der Waals surface area (Å²) in [5.74, 6) is -2.45. The highest BCUT2D eigenvalue weighted by molar-refractivity contribution is 9.10. The van der Waals surface area contributed by atoms with Crippen LogP contribution in [0, 0.1) is 11.6 Å². The van der Waals surface area contributed by atoms with E-state index in [1.54, 1.807) is 13.8 Å². The Hall–Kier alpha value is -1.50. The first-order valence-electron chi connectivity index (χ1n) is 6.08. The monoisotopic (exact) mass is 346 g/mol. The molecule has 1 aromatic carbocycles. The van der Waals surface area contributed by atoms with Crippen LogP contribution in [-0.4, -0.2) is 28.8 Å². The maximum Gasteiger partial charge on any atom is 0.252 e. The molecule has 0 spiro atoms. The van der Waals surface area contributed by atoms with Crippen LogP contribution >= 0.6 is 15.9 Å². The smallest absolute Gasteiger partial charge is 0.252 e. The van der Waals surface area contributed by atoms with Crippen molar-refractivity contribution >= 4 is 33.4 Å². The minimum atomic E-state index is -0.935. The Labute approximate surface area is 123 Å². The summed E-state index contributed by atoms with van der Waals surface area (Å²) in [4.78, 5) is 24.9. The summed E-state index contributed by atoms with van der Waals surface area (Å²) >= 11 is 2.97. The normalized spacial score (nSPS) is 19.1. The van der Waals surface area contributed by atoms with E-state index in [1.807, 2.05) is 0 Å². The average Bonchev–Trinajstić information content (AvgIpc) is 2.58. The third kappa shape index (κ3) is 2.67. The van der Waals surface area contributed by atoms with E-state index in [0.29, 0.717) is 0 Å². The first kappa shape index (κ1) is 14.9. The Morgan fingerprint density at radius 3 is 2.30 bits per heavy atom. The fourth-order valence-corrected chi connectivity index (χ4v) is 2.56. The number of anilines is 1. The second-order valence-corrected chi connectivity index (χ2v) is 5.76. The van der Waals surface area contributed by atoms with E-state index in [9.17, 15) is 18.4 Å². The van der Waals surface area contributed by atoms with Gasteiger partial charge in [-0.05, 0) is 26.0 Å². The number of likely N-dealkylation sites (tertiary alicyclic amines) is 1. The molecular weight excluding hydrogens is 334 g/mol. The predicted octanol–water partition coefficient (Wildman–Crippen LogP) is 2.68. The lowest BCUT2D eigenvalue weighted by molar-refractivity contribution is -0.140. The largest absolute Gasteiger partial charge is 0.368 e. The molecule has 0 saturated carbocycles. The number of carbonyl (C=O) groups is 2. The Bertz CT molecular complexity index is 554. The van der Waals surface area contributed by atoms with Gasteiger partial charge in [0.05, 0.1) is 6.42 Å². The molecule has 1 heterocycles. The molecule has 0 aliphatic carbocycles. The van der Waals surface area contributed by atoms with Gasteiger partial charge in [0.25, 0.3) is 5.91 Å². The lowest BCUT2D eigenvalue weighted by Gasteiger charge is -2.19. The van der Waals surface area contributed by atoms with Crippen molar-refractivity contribution in [2.75, 3.05) is 5.32 Å². The van der Waals surface area contributed by atoms with Crippen molar-refractivity contribution in [1.82, 2.24) is 4.90 Å². The van der Waals surface area contributed by atoms with Crippen LogP contribution in [0.4, 0.5) is 14.5 Å². The predicted molar refractivity (Wildman–Crippen MR) is 73.1 cm³/mol. The molecule has 1 aliphatic rings. The quantitative estimate of drug-likeness (QED) is 0.856. The standard InChI is InChI=1S/C13H13BrF2N2O2/c1-6(2)18-11(19)5-10(13(18)20)17-12-8(15)3-7(14)4-9(12)16/h3-4,6,10,17H,5H2,1-2H3. The van der Waals surface area contributed by atoms with Gasteiger partial charge in [0, 0.05) is 10.5 Å². The molecule has 1 aromatic rings. The highest BCUT2D eigenvalue weighted by Crippen LogP contribution is 2.27. The molecule has 1 aliphatic heterocycles. The van der Waals surface area contributed by atoms with Gasteiger partial charge in [-0.1, -0.05) is 15.9 Å². The second-order valence-electron chi connectivity index (χ2n) is 4.84. The van der Waals surface area contributed by atoms with E-state index in [-0.39, 0.29) is 22.8 Å². The van der Waals surface area contributed by atoms with Crippen molar-refractivity contribution < 1.29 is 18.4 Å².